The summed E-state index contributed by atoms with van der Waals surface area (Å²) in [6, 6.07) is 4.37. The zero-order valence-electron chi connectivity index (χ0n) is 10.2. The summed E-state index contributed by atoms with van der Waals surface area (Å²) < 4.78 is 13.1. The molecule has 1 amide bonds. The van der Waals surface area contributed by atoms with Gasteiger partial charge in [-0.05, 0) is 24.7 Å². The number of hydrogen-bond donors (Lipinski definition) is 2. The summed E-state index contributed by atoms with van der Waals surface area (Å²) in [5.74, 6) is 4.74. The second-order valence-electron chi connectivity index (χ2n) is 3.95. The predicted molar refractivity (Wildman–Crippen MR) is 67.9 cm³/mol. The number of benzene rings is 1. The predicted octanol–water partition coefficient (Wildman–Crippen LogP) is 0.0530. The van der Waals surface area contributed by atoms with Gasteiger partial charge in [0.2, 0.25) is 5.91 Å². The highest BCUT2D eigenvalue weighted by Gasteiger charge is 2.07. The van der Waals surface area contributed by atoms with Crippen molar-refractivity contribution >= 4 is 5.91 Å². The Morgan fingerprint density at radius 1 is 1.50 bits per heavy atom. The molecule has 0 saturated carbocycles. The molecule has 0 fully saturated rings. The number of nitrogens with two attached hydrogens (primary N) is 2. The van der Waals surface area contributed by atoms with E-state index in [9.17, 15) is 9.18 Å². The number of carbonyl (C=O) groups is 1. The molecule has 18 heavy (non-hydrogen) atoms. The highest BCUT2D eigenvalue weighted by Crippen LogP contribution is 2.12. The molecule has 96 valence electrons. The molecule has 4 N–H and O–H groups in total. The first kappa shape index (κ1) is 14.2. The molecule has 1 aromatic rings. The van der Waals surface area contributed by atoms with Gasteiger partial charge < -0.3 is 11.5 Å². The zero-order valence-corrected chi connectivity index (χ0v) is 10.2. The number of rotatable bonds is 4. The standard InChI is InChI=1S/C13H16FN3O/c1-17(9-13(16)18)8-11-4-5-12(14)7-10(11)3-2-6-15/h4-5,7H,6,8-9,15H2,1H3,(H2,16,18). The van der Waals surface area contributed by atoms with Gasteiger partial charge in [0.1, 0.15) is 5.82 Å². The zero-order chi connectivity index (χ0) is 13.5. The van der Waals surface area contributed by atoms with Crippen LogP contribution in [0.5, 0.6) is 0 Å². The average molecular weight is 249 g/mol. The third-order valence-electron chi connectivity index (χ3n) is 2.26. The van der Waals surface area contributed by atoms with Gasteiger partial charge in [0.05, 0.1) is 13.1 Å². The lowest BCUT2D eigenvalue weighted by atomic mass is 10.1. The number of amides is 1. The number of primary amides is 1. The fourth-order valence-corrected chi connectivity index (χ4v) is 1.56. The third kappa shape index (κ3) is 4.53. The number of hydrogen-bond acceptors (Lipinski definition) is 3. The summed E-state index contributed by atoms with van der Waals surface area (Å²) in [6.07, 6.45) is 0. The lowest BCUT2D eigenvalue weighted by molar-refractivity contribution is -0.118. The molecule has 0 aliphatic rings. The van der Waals surface area contributed by atoms with Crippen molar-refractivity contribution in [3.8, 4) is 11.8 Å². The Hall–Kier alpha value is -1.90. The maximum atomic E-state index is 13.1. The first-order chi connectivity index (χ1) is 8.52. The van der Waals surface area contributed by atoms with Crippen LogP contribution in [0.4, 0.5) is 4.39 Å². The molecule has 0 spiro atoms. The number of nitrogens with zero attached hydrogens (tertiary/aromatic N) is 1. The molecular formula is C13H16FN3O. The van der Waals surface area contributed by atoms with Crippen molar-refractivity contribution in [2.45, 2.75) is 6.54 Å². The molecule has 0 radical (unpaired) electrons. The Kier molecular flexibility index (Phi) is 5.31. The van der Waals surface area contributed by atoms with Gasteiger partial charge in [0.25, 0.3) is 0 Å². The van der Waals surface area contributed by atoms with E-state index in [-0.39, 0.29) is 18.9 Å². The SMILES string of the molecule is CN(CC(N)=O)Cc1ccc(F)cc1C#CCN. The van der Waals surface area contributed by atoms with Crippen LogP contribution in [0, 0.1) is 17.7 Å². The van der Waals surface area contributed by atoms with Crippen molar-refractivity contribution in [1.29, 1.82) is 0 Å². The first-order valence-electron chi connectivity index (χ1n) is 5.47. The maximum Gasteiger partial charge on any atom is 0.231 e. The molecule has 4 nitrogen and oxygen atoms in total. The van der Waals surface area contributed by atoms with Crippen molar-refractivity contribution in [2.75, 3.05) is 20.1 Å². The van der Waals surface area contributed by atoms with Crippen LogP contribution in [0.1, 0.15) is 11.1 Å². The summed E-state index contributed by atoms with van der Waals surface area (Å²) in [5, 5.41) is 0. The minimum absolute atomic E-state index is 0.140. The molecular weight excluding hydrogens is 233 g/mol. The highest BCUT2D eigenvalue weighted by molar-refractivity contribution is 5.75. The van der Waals surface area contributed by atoms with Gasteiger partial charge in [0, 0.05) is 12.1 Å². The molecule has 1 rings (SSSR count). The monoisotopic (exact) mass is 249 g/mol. The summed E-state index contributed by atoms with van der Waals surface area (Å²) in [7, 11) is 1.76. The normalized spacial score (nSPS) is 10.0. The van der Waals surface area contributed by atoms with Crippen LogP contribution in [0.3, 0.4) is 0 Å². The minimum Gasteiger partial charge on any atom is -0.369 e. The molecule has 0 atom stereocenters. The second kappa shape index (κ2) is 6.74. The third-order valence-corrected chi connectivity index (χ3v) is 2.26. The van der Waals surface area contributed by atoms with Gasteiger partial charge in [-0.25, -0.2) is 4.39 Å². The van der Waals surface area contributed by atoms with Gasteiger partial charge in [-0.2, -0.15) is 0 Å². The molecule has 0 aliphatic carbocycles. The van der Waals surface area contributed by atoms with Gasteiger partial charge in [0.15, 0.2) is 0 Å². The summed E-state index contributed by atoms with van der Waals surface area (Å²) in [5.41, 5.74) is 11.8. The lowest BCUT2D eigenvalue weighted by Gasteiger charge is -2.15. The topological polar surface area (TPSA) is 72.3 Å². The largest absolute Gasteiger partial charge is 0.369 e. The van der Waals surface area contributed by atoms with E-state index in [4.69, 9.17) is 11.5 Å². The van der Waals surface area contributed by atoms with Crippen molar-refractivity contribution in [1.82, 2.24) is 4.90 Å². The molecule has 0 aromatic heterocycles. The summed E-state index contributed by atoms with van der Waals surface area (Å²) in [4.78, 5) is 12.5. The minimum atomic E-state index is -0.408. The van der Waals surface area contributed by atoms with Crippen molar-refractivity contribution in [3.63, 3.8) is 0 Å². The van der Waals surface area contributed by atoms with Gasteiger partial charge in [-0.15, -0.1) is 0 Å². The Morgan fingerprint density at radius 3 is 2.83 bits per heavy atom. The lowest BCUT2D eigenvalue weighted by Crippen LogP contribution is -2.30. The van der Waals surface area contributed by atoms with Crippen LogP contribution in [-0.2, 0) is 11.3 Å². The highest BCUT2D eigenvalue weighted by atomic mass is 19.1. The summed E-state index contributed by atoms with van der Waals surface area (Å²) in [6.45, 7) is 0.825. The van der Waals surface area contributed by atoms with E-state index in [1.54, 1.807) is 18.0 Å². The molecule has 1 aromatic carbocycles. The smallest absolute Gasteiger partial charge is 0.231 e. The quantitative estimate of drug-likeness (QED) is 0.741. The summed E-state index contributed by atoms with van der Waals surface area (Å²) >= 11 is 0. The van der Waals surface area contributed by atoms with E-state index in [0.29, 0.717) is 12.1 Å². The Morgan fingerprint density at radius 2 is 2.22 bits per heavy atom. The number of likely N-dealkylation sites (N-methyl/N-ethyl adjacent to an activating group) is 1. The Labute approximate surface area is 106 Å². The van der Waals surface area contributed by atoms with Crippen molar-refractivity contribution in [3.05, 3.63) is 35.1 Å². The van der Waals surface area contributed by atoms with Gasteiger partial charge in [-0.3, -0.25) is 9.69 Å². The molecule has 5 heteroatoms. The fourth-order valence-electron chi connectivity index (χ4n) is 1.56. The number of carbonyl (C=O) groups excluding carboxylic acids is 1. The van der Waals surface area contributed by atoms with Crippen LogP contribution >= 0.6 is 0 Å². The molecule has 0 bridgehead atoms. The molecule has 0 unspecified atom stereocenters. The van der Waals surface area contributed by atoms with Gasteiger partial charge >= 0.3 is 0 Å². The average Bonchev–Trinajstić information content (AvgIpc) is 2.28. The second-order valence-corrected chi connectivity index (χ2v) is 3.95. The molecule has 0 saturated heterocycles. The van der Waals surface area contributed by atoms with Crippen LogP contribution in [0.25, 0.3) is 0 Å². The van der Waals surface area contributed by atoms with E-state index in [1.807, 2.05) is 0 Å². The van der Waals surface area contributed by atoms with Crippen LogP contribution < -0.4 is 11.5 Å². The van der Waals surface area contributed by atoms with E-state index < -0.39 is 5.91 Å². The van der Waals surface area contributed by atoms with E-state index >= 15 is 0 Å². The van der Waals surface area contributed by atoms with E-state index in [0.717, 1.165) is 5.56 Å². The first-order valence-corrected chi connectivity index (χ1v) is 5.47. The van der Waals surface area contributed by atoms with Crippen molar-refractivity contribution in [2.24, 2.45) is 11.5 Å². The number of halogens is 1. The maximum absolute atomic E-state index is 13.1. The van der Waals surface area contributed by atoms with Crippen LogP contribution in [-0.4, -0.2) is 30.9 Å². The van der Waals surface area contributed by atoms with Gasteiger partial charge in [-0.1, -0.05) is 17.9 Å². The van der Waals surface area contributed by atoms with E-state index in [1.165, 1.54) is 12.1 Å². The van der Waals surface area contributed by atoms with Crippen LogP contribution in [0.2, 0.25) is 0 Å². The Balaban J connectivity index is 2.90. The molecule has 0 heterocycles. The van der Waals surface area contributed by atoms with Crippen molar-refractivity contribution < 1.29 is 9.18 Å². The molecule has 0 aliphatic heterocycles. The Bertz CT molecular complexity index is 491. The van der Waals surface area contributed by atoms with Crippen LogP contribution in [0.15, 0.2) is 18.2 Å². The fraction of sp³-hybridized carbons (Fsp3) is 0.308. The van der Waals surface area contributed by atoms with E-state index in [2.05, 4.69) is 11.8 Å².